The molecule has 0 spiro atoms. The van der Waals surface area contributed by atoms with E-state index in [9.17, 15) is 4.79 Å². The molecule has 0 bridgehead atoms. The third-order valence-electron chi connectivity index (χ3n) is 4.47. The zero-order valence-electron chi connectivity index (χ0n) is 14.9. The number of piperazine rings is 1. The Morgan fingerprint density at radius 3 is 2.42 bits per heavy atom. The zero-order chi connectivity index (χ0) is 18.4. The quantitative estimate of drug-likeness (QED) is 0.693. The van der Waals surface area contributed by atoms with Crippen molar-refractivity contribution in [1.29, 1.82) is 0 Å². The maximum atomic E-state index is 12.4. The van der Waals surface area contributed by atoms with E-state index in [1.54, 1.807) is 18.9 Å². The smallest absolute Gasteiger partial charge is 0.223 e. The van der Waals surface area contributed by atoms with Gasteiger partial charge < -0.3 is 14.5 Å². The number of para-hydroxylation sites is 1. The second-order valence-electron chi connectivity index (χ2n) is 6.09. The fourth-order valence-corrected chi connectivity index (χ4v) is 4.09. The highest BCUT2D eigenvalue weighted by Crippen LogP contribution is 2.26. The normalized spacial score (nSPS) is 14.4. The van der Waals surface area contributed by atoms with Crippen molar-refractivity contribution in [3.63, 3.8) is 0 Å². The van der Waals surface area contributed by atoms with Crippen LogP contribution >= 0.6 is 23.4 Å². The van der Waals surface area contributed by atoms with E-state index in [0.717, 1.165) is 53.3 Å². The molecule has 0 aromatic heterocycles. The van der Waals surface area contributed by atoms with E-state index in [-0.39, 0.29) is 5.91 Å². The van der Waals surface area contributed by atoms with Crippen LogP contribution in [0.25, 0.3) is 0 Å². The van der Waals surface area contributed by atoms with Crippen molar-refractivity contribution >= 4 is 35.0 Å². The molecule has 0 radical (unpaired) electrons. The van der Waals surface area contributed by atoms with Crippen molar-refractivity contribution in [3.8, 4) is 5.75 Å². The van der Waals surface area contributed by atoms with E-state index in [1.165, 1.54) is 0 Å². The van der Waals surface area contributed by atoms with Crippen LogP contribution in [0, 0.1) is 0 Å². The molecule has 2 aromatic rings. The van der Waals surface area contributed by atoms with Gasteiger partial charge in [-0.3, -0.25) is 4.79 Å². The zero-order valence-corrected chi connectivity index (χ0v) is 16.4. The third-order valence-corrected chi connectivity index (χ3v) is 5.80. The highest BCUT2D eigenvalue weighted by atomic mass is 35.5. The van der Waals surface area contributed by atoms with Gasteiger partial charge in [-0.05, 0) is 36.4 Å². The van der Waals surface area contributed by atoms with Crippen LogP contribution in [0.5, 0.6) is 5.75 Å². The van der Waals surface area contributed by atoms with Crippen LogP contribution in [-0.4, -0.2) is 49.8 Å². The summed E-state index contributed by atoms with van der Waals surface area (Å²) in [4.78, 5) is 17.8. The predicted molar refractivity (Wildman–Crippen MR) is 109 cm³/mol. The molecule has 138 valence electrons. The van der Waals surface area contributed by atoms with Crippen molar-refractivity contribution in [3.05, 3.63) is 53.6 Å². The Bertz CT molecular complexity index is 731. The highest BCUT2D eigenvalue weighted by Gasteiger charge is 2.21. The summed E-state index contributed by atoms with van der Waals surface area (Å²) in [5.74, 6) is 1.86. The molecule has 1 amide bonds. The summed E-state index contributed by atoms with van der Waals surface area (Å²) >= 11 is 7.97. The van der Waals surface area contributed by atoms with E-state index in [1.807, 2.05) is 53.4 Å². The Balaban J connectivity index is 1.43. The number of benzene rings is 2. The number of carbonyl (C=O) groups excluding carboxylic acids is 1. The number of anilines is 1. The van der Waals surface area contributed by atoms with Gasteiger partial charge in [0.1, 0.15) is 5.75 Å². The molecule has 0 atom stereocenters. The summed E-state index contributed by atoms with van der Waals surface area (Å²) in [6, 6.07) is 15.8. The van der Waals surface area contributed by atoms with Gasteiger partial charge in [0.15, 0.2) is 0 Å². The first-order valence-corrected chi connectivity index (χ1v) is 10.1. The molecule has 1 saturated heterocycles. The highest BCUT2D eigenvalue weighted by molar-refractivity contribution is 7.99. The molecule has 1 aliphatic heterocycles. The first-order valence-electron chi connectivity index (χ1n) is 8.71. The number of thioether (sulfide) groups is 1. The van der Waals surface area contributed by atoms with Gasteiger partial charge in [-0.2, -0.15) is 0 Å². The minimum absolute atomic E-state index is 0.227. The number of methoxy groups -OCH3 is 1. The molecule has 0 N–H and O–H groups in total. The molecule has 0 unspecified atom stereocenters. The van der Waals surface area contributed by atoms with Gasteiger partial charge in [0, 0.05) is 43.2 Å². The Kier molecular flexibility index (Phi) is 6.69. The number of nitrogens with zero attached hydrogens (tertiary/aromatic N) is 2. The SMILES string of the molecule is COc1ccc(SCCC(=O)N2CCN(c3ccccc3Cl)CC2)cc1. The number of hydrogen-bond acceptors (Lipinski definition) is 4. The Labute approximate surface area is 164 Å². The summed E-state index contributed by atoms with van der Waals surface area (Å²) in [7, 11) is 1.66. The molecule has 0 aliphatic carbocycles. The molecule has 2 aromatic carbocycles. The summed E-state index contributed by atoms with van der Waals surface area (Å²) < 4.78 is 5.16. The number of hydrogen-bond donors (Lipinski definition) is 0. The lowest BCUT2D eigenvalue weighted by Gasteiger charge is -2.36. The standard InChI is InChI=1S/C20H23ClN2O2S/c1-25-16-6-8-17(9-7-16)26-15-10-20(24)23-13-11-22(12-14-23)19-5-3-2-4-18(19)21/h2-9H,10-15H2,1H3. The van der Waals surface area contributed by atoms with Gasteiger partial charge in [-0.25, -0.2) is 0 Å². The first-order chi connectivity index (χ1) is 12.7. The predicted octanol–water partition coefficient (Wildman–Crippen LogP) is 4.18. The van der Waals surface area contributed by atoms with Crippen LogP contribution in [0.15, 0.2) is 53.4 Å². The lowest BCUT2D eigenvalue weighted by Crippen LogP contribution is -2.49. The molecule has 3 rings (SSSR count). The fourth-order valence-electron chi connectivity index (χ4n) is 2.99. The molecule has 6 heteroatoms. The molecule has 4 nitrogen and oxygen atoms in total. The van der Waals surface area contributed by atoms with Crippen LogP contribution in [0.2, 0.25) is 5.02 Å². The summed E-state index contributed by atoms with van der Waals surface area (Å²) in [5.41, 5.74) is 1.05. The van der Waals surface area contributed by atoms with Gasteiger partial charge >= 0.3 is 0 Å². The Hall–Kier alpha value is -1.85. The average molecular weight is 391 g/mol. The Morgan fingerprint density at radius 1 is 1.08 bits per heavy atom. The molecular formula is C20H23ClN2O2S. The van der Waals surface area contributed by atoms with E-state index in [4.69, 9.17) is 16.3 Å². The number of carbonyl (C=O) groups is 1. The second kappa shape index (κ2) is 9.19. The van der Waals surface area contributed by atoms with Gasteiger partial charge in [0.25, 0.3) is 0 Å². The third kappa shape index (κ3) is 4.86. The largest absolute Gasteiger partial charge is 0.497 e. The van der Waals surface area contributed by atoms with Crippen LogP contribution in [-0.2, 0) is 4.79 Å². The number of ether oxygens (including phenoxy) is 1. The van der Waals surface area contributed by atoms with E-state index in [0.29, 0.717) is 6.42 Å². The van der Waals surface area contributed by atoms with Crippen molar-refractivity contribution in [2.75, 3.05) is 43.9 Å². The van der Waals surface area contributed by atoms with Crippen LogP contribution < -0.4 is 9.64 Å². The van der Waals surface area contributed by atoms with Crippen molar-refractivity contribution < 1.29 is 9.53 Å². The first kappa shape index (κ1) is 18.9. The number of halogens is 1. The van der Waals surface area contributed by atoms with Crippen LogP contribution in [0.4, 0.5) is 5.69 Å². The molecule has 0 saturated carbocycles. The molecular weight excluding hydrogens is 368 g/mol. The fraction of sp³-hybridized carbons (Fsp3) is 0.350. The lowest BCUT2D eigenvalue weighted by molar-refractivity contribution is -0.131. The van der Waals surface area contributed by atoms with Gasteiger partial charge in [0.2, 0.25) is 5.91 Å². The molecule has 1 heterocycles. The second-order valence-corrected chi connectivity index (χ2v) is 7.67. The molecule has 1 aliphatic rings. The summed E-state index contributed by atoms with van der Waals surface area (Å²) in [6.07, 6.45) is 0.558. The van der Waals surface area contributed by atoms with Crippen LogP contribution in [0.3, 0.4) is 0 Å². The van der Waals surface area contributed by atoms with E-state index >= 15 is 0 Å². The van der Waals surface area contributed by atoms with Crippen molar-refractivity contribution in [2.45, 2.75) is 11.3 Å². The van der Waals surface area contributed by atoms with Crippen LogP contribution in [0.1, 0.15) is 6.42 Å². The lowest BCUT2D eigenvalue weighted by atomic mass is 10.2. The van der Waals surface area contributed by atoms with Gasteiger partial charge in [0.05, 0.1) is 17.8 Å². The monoisotopic (exact) mass is 390 g/mol. The summed E-state index contributed by atoms with van der Waals surface area (Å²) in [5, 5.41) is 0.767. The average Bonchev–Trinajstić information content (AvgIpc) is 2.69. The maximum absolute atomic E-state index is 12.4. The van der Waals surface area contributed by atoms with Crippen molar-refractivity contribution in [1.82, 2.24) is 4.90 Å². The molecule has 1 fully saturated rings. The van der Waals surface area contributed by atoms with Gasteiger partial charge in [-0.1, -0.05) is 23.7 Å². The number of amides is 1. The van der Waals surface area contributed by atoms with Crippen molar-refractivity contribution in [2.24, 2.45) is 0 Å². The Morgan fingerprint density at radius 2 is 1.77 bits per heavy atom. The topological polar surface area (TPSA) is 32.8 Å². The summed E-state index contributed by atoms with van der Waals surface area (Å²) in [6.45, 7) is 3.14. The molecule has 26 heavy (non-hydrogen) atoms. The van der Waals surface area contributed by atoms with E-state index < -0.39 is 0 Å². The number of rotatable bonds is 6. The van der Waals surface area contributed by atoms with E-state index in [2.05, 4.69) is 4.90 Å². The minimum atomic E-state index is 0.227. The maximum Gasteiger partial charge on any atom is 0.223 e. The van der Waals surface area contributed by atoms with Gasteiger partial charge in [-0.15, -0.1) is 11.8 Å². The minimum Gasteiger partial charge on any atom is -0.497 e.